The maximum absolute atomic E-state index is 12.4. The predicted octanol–water partition coefficient (Wildman–Crippen LogP) is 2.25. The third-order valence-corrected chi connectivity index (χ3v) is 6.45. The van der Waals surface area contributed by atoms with Crippen molar-refractivity contribution in [3.8, 4) is 0 Å². The number of nitrogens with one attached hydrogen (secondary N) is 1. The van der Waals surface area contributed by atoms with Crippen LogP contribution in [0.2, 0.25) is 0 Å². The van der Waals surface area contributed by atoms with Gasteiger partial charge in [-0.2, -0.15) is 0 Å². The van der Waals surface area contributed by atoms with Crippen molar-refractivity contribution in [2.75, 3.05) is 7.05 Å². The van der Waals surface area contributed by atoms with E-state index in [0.29, 0.717) is 6.04 Å². The zero-order valence-corrected chi connectivity index (χ0v) is 13.4. The van der Waals surface area contributed by atoms with Gasteiger partial charge in [0, 0.05) is 25.7 Å². The van der Waals surface area contributed by atoms with E-state index in [1.54, 1.807) is 11.4 Å². The molecule has 0 radical (unpaired) electrons. The molecule has 1 aromatic rings. The van der Waals surface area contributed by atoms with Crippen LogP contribution in [-0.4, -0.2) is 31.9 Å². The maximum atomic E-state index is 12.4. The fraction of sp³-hybridized carbons (Fsp3) is 0.625. The van der Waals surface area contributed by atoms with Crippen molar-refractivity contribution in [2.24, 2.45) is 0 Å². The molecule has 2 aliphatic carbocycles. The molecule has 4 nitrogen and oxygen atoms in total. The molecule has 3 rings (SSSR count). The first-order valence-electron chi connectivity index (χ1n) is 7.81. The molecule has 0 saturated heterocycles. The maximum Gasteiger partial charge on any atom is 0.218 e. The van der Waals surface area contributed by atoms with Crippen LogP contribution in [0.3, 0.4) is 0 Å². The lowest BCUT2D eigenvalue weighted by atomic mass is 9.94. The number of rotatable bonds is 7. The zero-order chi connectivity index (χ0) is 14.9. The Morgan fingerprint density at radius 1 is 1.10 bits per heavy atom. The molecule has 21 heavy (non-hydrogen) atoms. The first kappa shape index (κ1) is 15.0. The summed E-state index contributed by atoms with van der Waals surface area (Å²) in [6.45, 7) is 0.875. The molecule has 1 N–H and O–H groups in total. The van der Waals surface area contributed by atoms with Crippen molar-refractivity contribution in [3.05, 3.63) is 35.4 Å². The van der Waals surface area contributed by atoms with Gasteiger partial charge in [0.15, 0.2) is 0 Å². The SMILES string of the molecule is CN(C1CCC1)S(=O)(=O)Cc1ccc(CNC2CC2)cc1. The molecule has 0 bridgehead atoms. The summed E-state index contributed by atoms with van der Waals surface area (Å²) in [6.07, 6.45) is 5.71. The molecule has 5 heteroatoms. The van der Waals surface area contributed by atoms with Gasteiger partial charge < -0.3 is 5.32 Å². The normalized spacial score (nSPS) is 19.7. The van der Waals surface area contributed by atoms with E-state index in [1.807, 2.05) is 24.3 Å². The van der Waals surface area contributed by atoms with E-state index in [1.165, 1.54) is 18.4 Å². The fourth-order valence-corrected chi connectivity index (χ4v) is 4.08. The van der Waals surface area contributed by atoms with E-state index in [0.717, 1.165) is 31.4 Å². The highest BCUT2D eigenvalue weighted by molar-refractivity contribution is 7.88. The number of hydrogen-bond acceptors (Lipinski definition) is 3. The van der Waals surface area contributed by atoms with Crippen molar-refractivity contribution >= 4 is 10.0 Å². The van der Waals surface area contributed by atoms with Gasteiger partial charge in [-0.05, 0) is 36.8 Å². The molecule has 2 aliphatic rings. The van der Waals surface area contributed by atoms with E-state index in [2.05, 4.69) is 5.32 Å². The van der Waals surface area contributed by atoms with Gasteiger partial charge in [0.2, 0.25) is 10.0 Å². The largest absolute Gasteiger partial charge is 0.310 e. The lowest BCUT2D eigenvalue weighted by Crippen LogP contribution is -2.41. The van der Waals surface area contributed by atoms with E-state index in [9.17, 15) is 8.42 Å². The molecule has 0 amide bonds. The Balaban J connectivity index is 1.58. The second-order valence-electron chi connectivity index (χ2n) is 6.33. The summed E-state index contributed by atoms with van der Waals surface area (Å²) >= 11 is 0. The molecular formula is C16H24N2O2S. The monoisotopic (exact) mass is 308 g/mol. The smallest absolute Gasteiger partial charge is 0.218 e. The molecule has 0 spiro atoms. The number of nitrogens with zero attached hydrogens (tertiary/aromatic N) is 1. The standard InChI is InChI=1S/C16H24N2O2S/c1-18(16-3-2-4-16)21(19,20)12-14-7-5-13(6-8-14)11-17-15-9-10-15/h5-8,15-17H,2-4,9-12H2,1H3. The topological polar surface area (TPSA) is 49.4 Å². The second-order valence-corrected chi connectivity index (χ2v) is 8.36. The van der Waals surface area contributed by atoms with Crippen LogP contribution in [0.4, 0.5) is 0 Å². The average molecular weight is 308 g/mol. The predicted molar refractivity (Wildman–Crippen MR) is 84.3 cm³/mol. The van der Waals surface area contributed by atoms with Crippen LogP contribution in [-0.2, 0) is 22.3 Å². The summed E-state index contributed by atoms with van der Waals surface area (Å²) < 4.78 is 26.3. The Labute approximate surface area is 127 Å². The lowest BCUT2D eigenvalue weighted by Gasteiger charge is -2.33. The van der Waals surface area contributed by atoms with E-state index >= 15 is 0 Å². The molecule has 116 valence electrons. The Kier molecular flexibility index (Phi) is 4.33. The lowest BCUT2D eigenvalue weighted by molar-refractivity contribution is 0.249. The van der Waals surface area contributed by atoms with Gasteiger partial charge in [0.25, 0.3) is 0 Å². The summed E-state index contributed by atoms with van der Waals surface area (Å²) in [5, 5.41) is 3.46. The molecule has 2 saturated carbocycles. The average Bonchev–Trinajstić information content (AvgIpc) is 3.19. The second kappa shape index (κ2) is 6.07. The number of sulfonamides is 1. The van der Waals surface area contributed by atoms with Gasteiger partial charge in [-0.25, -0.2) is 12.7 Å². The molecule has 1 aromatic carbocycles. The van der Waals surface area contributed by atoms with Crippen LogP contribution in [0.5, 0.6) is 0 Å². The van der Waals surface area contributed by atoms with Crippen molar-refractivity contribution < 1.29 is 8.42 Å². The van der Waals surface area contributed by atoms with Crippen LogP contribution in [0.25, 0.3) is 0 Å². The van der Waals surface area contributed by atoms with Crippen LogP contribution >= 0.6 is 0 Å². The van der Waals surface area contributed by atoms with Crippen molar-refractivity contribution in [3.63, 3.8) is 0 Å². The first-order valence-corrected chi connectivity index (χ1v) is 9.42. The van der Waals surface area contributed by atoms with E-state index in [-0.39, 0.29) is 11.8 Å². The molecular weight excluding hydrogens is 284 g/mol. The third kappa shape index (κ3) is 3.84. The van der Waals surface area contributed by atoms with Crippen LogP contribution in [0.15, 0.2) is 24.3 Å². The Morgan fingerprint density at radius 3 is 2.24 bits per heavy atom. The highest BCUT2D eigenvalue weighted by atomic mass is 32.2. The summed E-state index contributed by atoms with van der Waals surface area (Å²) in [7, 11) is -1.47. The highest BCUT2D eigenvalue weighted by Gasteiger charge is 2.30. The van der Waals surface area contributed by atoms with Crippen LogP contribution < -0.4 is 5.32 Å². The molecule has 0 aromatic heterocycles. The summed E-state index contributed by atoms with van der Waals surface area (Å²) in [5.74, 6) is 0.107. The quantitative estimate of drug-likeness (QED) is 0.840. The fourth-order valence-electron chi connectivity index (χ4n) is 2.59. The minimum atomic E-state index is -3.18. The third-order valence-electron chi connectivity index (χ3n) is 4.57. The molecule has 2 fully saturated rings. The van der Waals surface area contributed by atoms with E-state index in [4.69, 9.17) is 0 Å². The summed E-state index contributed by atoms with van der Waals surface area (Å²) in [5.41, 5.74) is 2.09. The molecule has 0 atom stereocenters. The number of hydrogen-bond donors (Lipinski definition) is 1. The van der Waals surface area contributed by atoms with Gasteiger partial charge in [0.1, 0.15) is 0 Å². The van der Waals surface area contributed by atoms with Crippen molar-refractivity contribution in [1.82, 2.24) is 9.62 Å². The Bertz CT molecular complexity index is 575. The van der Waals surface area contributed by atoms with E-state index < -0.39 is 10.0 Å². The minimum Gasteiger partial charge on any atom is -0.310 e. The molecule has 0 heterocycles. The summed E-state index contributed by atoms with van der Waals surface area (Å²) in [6, 6.07) is 8.86. The first-order chi connectivity index (χ1) is 10.0. The minimum absolute atomic E-state index is 0.107. The Hall–Kier alpha value is -0.910. The molecule has 0 unspecified atom stereocenters. The van der Waals surface area contributed by atoms with Crippen molar-refractivity contribution in [2.45, 2.75) is 56.5 Å². The van der Waals surface area contributed by atoms with Crippen LogP contribution in [0.1, 0.15) is 43.2 Å². The van der Waals surface area contributed by atoms with Gasteiger partial charge in [-0.1, -0.05) is 30.7 Å². The van der Waals surface area contributed by atoms with Gasteiger partial charge in [-0.15, -0.1) is 0 Å². The van der Waals surface area contributed by atoms with Gasteiger partial charge in [0.05, 0.1) is 5.75 Å². The number of benzene rings is 1. The van der Waals surface area contributed by atoms with Crippen molar-refractivity contribution in [1.29, 1.82) is 0 Å². The highest BCUT2D eigenvalue weighted by Crippen LogP contribution is 2.27. The van der Waals surface area contributed by atoms with Crippen LogP contribution in [0, 0.1) is 0 Å². The molecule has 0 aliphatic heterocycles. The van der Waals surface area contributed by atoms with Gasteiger partial charge >= 0.3 is 0 Å². The Morgan fingerprint density at radius 2 is 1.71 bits per heavy atom. The van der Waals surface area contributed by atoms with Gasteiger partial charge in [-0.3, -0.25) is 0 Å². The summed E-state index contributed by atoms with van der Waals surface area (Å²) in [4.78, 5) is 0. The zero-order valence-electron chi connectivity index (χ0n) is 12.6.